The molecule has 28 heavy (non-hydrogen) atoms. The van der Waals surface area contributed by atoms with E-state index in [1.807, 2.05) is 50.2 Å². The lowest BCUT2D eigenvalue weighted by atomic mass is 10.1. The fraction of sp³-hybridized carbons (Fsp3) is 0.381. The first kappa shape index (κ1) is 20.4. The molecule has 150 valence electrons. The average Bonchev–Trinajstić information content (AvgIpc) is 2.97. The zero-order valence-corrected chi connectivity index (χ0v) is 17.8. The van der Waals surface area contributed by atoms with Crippen LogP contribution in [0.15, 0.2) is 47.4 Å². The highest BCUT2D eigenvalue weighted by Gasteiger charge is 2.31. The SMILES string of the molecule is CC(=O)N1c2ccc(S(=O)(=O)N(C)Cc3ccc(N(C)C)cc3)cc2CC1C. The summed E-state index contributed by atoms with van der Waals surface area (Å²) in [6, 6.07) is 12.9. The van der Waals surface area contributed by atoms with Gasteiger partial charge in [0.25, 0.3) is 0 Å². The van der Waals surface area contributed by atoms with Crippen LogP contribution < -0.4 is 9.80 Å². The first-order valence-electron chi connectivity index (χ1n) is 9.26. The van der Waals surface area contributed by atoms with Gasteiger partial charge in [-0.3, -0.25) is 4.79 Å². The number of nitrogens with zero attached hydrogens (tertiary/aromatic N) is 3. The molecule has 3 rings (SSSR count). The van der Waals surface area contributed by atoms with Gasteiger partial charge in [-0.2, -0.15) is 4.31 Å². The Bertz CT molecular complexity index is 984. The molecule has 1 aliphatic heterocycles. The van der Waals surface area contributed by atoms with Crippen LogP contribution in [-0.4, -0.2) is 45.8 Å². The van der Waals surface area contributed by atoms with Gasteiger partial charge in [0, 0.05) is 52.0 Å². The third-order valence-electron chi connectivity index (χ3n) is 5.17. The van der Waals surface area contributed by atoms with E-state index in [-0.39, 0.29) is 16.8 Å². The number of hydrogen-bond donors (Lipinski definition) is 0. The summed E-state index contributed by atoms with van der Waals surface area (Å²) in [5, 5.41) is 0. The summed E-state index contributed by atoms with van der Waals surface area (Å²) in [5.41, 5.74) is 3.69. The molecule has 0 spiro atoms. The van der Waals surface area contributed by atoms with E-state index in [4.69, 9.17) is 0 Å². The van der Waals surface area contributed by atoms with Crippen molar-refractivity contribution in [2.24, 2.45) is 0 Å². The lowest BCUT2D eigenvalue weighted by molar-refractivity contribution is -0.116. The molecule has 0 saturated heterocycles. The van der Waals surface area contributed by atoms with E-state index in [0.717, 1.165) is 22.5 Å². The maximum Gasteiger partial charge on any atom is 0.243 e. The second kappa shape index (κ2) is 7.56. The van der Waals surface area contributed by atoms with Gasteiger partial charge in [-0.15, -0.1) is 0 Å². The molecular formula is C21H27N3O3S. The van der Waals surface area contributed by atoms with Gasteiger partial charge in [-0.05, 0) is 54.8 Å². The first-order chi connectivity index (χ1) is 13.1. The molecule has 7 heteroatoms. The van der Waals surface area contributed by atoms with Crippen LogP contribution in [0.25, 0.3) is 0 Å². The third-order valence-corrected chi connectivity index (χ3v) is 6.97. The largest absolute Gasteiger partial charge is 0.378 e. The fourth-order valence-corrected chi connectivity index (χ4v) is 4.88. The van der Waals surface area contributed by atoms with Gasteiger partial charge in [-0.25, -0.2) is 8.42 Å². The molecule has 0 bridgehead atoms. The van der Waals surface area contributed by atoms with E-state index in [1.54, 1.807) is 30.1 Å². The topological polar surface area (TPSA) is 60.9 Å². The lowest BCUT2D eigenvalue weighted by Crippen LogP contribution is -2.33. The minimum absolute atomic E-state index is 0.0276. The highest BCUT2D eigenvalue weighted by atomic mass is 32.2. The van der Waals surface area contributed by atoms with Crippen molar-refractivity contribution in [3.8, 4) is 0 Å². The van der Waals surface area contributed by atoms with Gasteiger partial charge in [-0.1, -0.05) is 12.1 Å². The zero-order valence-electron chi connectivity index (χ0n) is 17.0. The van der Waals surface area contributed by atoms with E-state index in [9.17, 15) is 13.2 Å². The van der Waals surface area contributed by atoms with E-state index >= 15 is 0 Å². The Morgan fingerprint density at radius 3 is 2.32 bits per heavy atom. The van der Waals surface area contributed by atoms with Gasteiger partial charge < -0.3 is 9.80 Å². The van der Waals surface area contributed by atoms with Crippen LogP contribution in [-0.2, 0) is 27.8 Å². The maximum absolute atomic E-state index is 13.0. The van der Waals surface area contributed by atoms with Crippen molar-refractivity contribution in [1.29, 1.82) is 0 Å². The average molecular weight is 402 g/mol. The second-order valence-electron chi connectivity index (χ2n) is 7.55. The smallest absolute Gasteiger partial charge is 0.243 e. The van der Waals surface area contributed by atoms with Crippen LogP contribution in [0, 0.1) is 0 Å². The zero-order chi connectivity index (χ0) is 20.6. The van der Waals surface area contributed by atoms with Crippen molar-refractivity contribution in [3.05, 3.63) is 53.6 Å². The summed E-state index contributed by atoms with van der Waals surface area (Å²) in [5.74, 6) is -0.0276. The molecule has 1 unspecified atom stereocenters. The van der Waals surface area contributed by atoms with Gasteiger partial charge in [0.1, 0.15) is 0 Å². The monoisotopic (exact) mass is 401 g/mol. The highest BCUT2D eigenvalue weighted by Crippen LogP contribution is 2.34. The van der Waals surface area contributed by atoms with Gasteiger partial charge in [0.05, 0.1) is 4.90 Å². The van der Waals surface area contributed by atoms with E-state index < -0.39 is 10.0 Å². The Labute approximate surface area is 167 Å². The Balaban J connectivity index is 1.83. The molecule has 0 radical (unpaired) electrons. The van der Waals surface area contributed by atoms with Crippen LogP contribution in [0.2, 0.25) is 0 Å². The van der Waals surface area contributed by atoms with Crippen LogP contribution in [0.1, 0.15) is 25.0 Å². The van der Waals surface area contributed by atoms with Crippen LogP contribution >= 0.6 is 0 Å². The quantitative estimate of drug-likeness (QED) is 0.773. The van der Waals surface area contributed by atoms with Crippen LogP contribution in [0.3, 0.4) is 0 Å². The van der Waals surface area contributed by atoms with Gasteiger partial charge in [0.2, 0.25) is 15.9 Å². The number of anilines is 2. The minimum atomic E-state index is -3.62. The first-order valence-corrected chi connectivity index (χ1v) is 10.7. The molecule has 0 aliphatic carbocycles. The summed E-state index contributed by atoms with van der Waals surface area (Å²) in [6.07, 6.45) is 0.661. The third kappa shape index (κ3) is 3.77. The minimum Gasteiger partial charge on any atom is -0.378 e. The lowest BCUT2D eigenvalue weighted by Gasteiger charge is -2.21. The van der Waals surface area contributed by atoms with Gasteiger partial charge in [0.15, 0.2) is 0 Å². The molecule has 0 aromatic heterocycles. The second-order valence-corrected chi connectivity index (χ2v) is 9.60. The maximum atomic E-state index is 13.0. The normalized spacial score (nSPS) is 16.4. The van der Waals surface area contributed by atoms with Crippen LogP contribution in [0.5, 0.6) is 0 Å². The summed E-state index contributed by atoms with van der Waals surface area (Å²) in [7, 11) is 1.90. The standard InChI is InChI=1S/C21H27N3O3S/c1-15-12-18-13-20(10-11-21(18)24(15)16(2)25)28(26,27)23(5)14-17-6-8-19(9-7-17)22(3)4/h6-11,13,15H,12,14H2,1-5H3. The molecule has 6 nitrogen and oxygen atoms in total. The summed E-state index contributed by atoms with van der Waals surface area (Å²) in [4.78, 5) is 15.9. The molecular weight excluding hydrogens is 374 g/mol. The van der Waals surface area contributed by atoms with Crippen molar-refractivity contribution in [3.63, 3.8) is 0 Å². The van der Waals surface area contributed by atoms with Crippen molar-refractivity contribution in [2.75, 3.05) is 30.9 Å². The van der Waals surface area contributed by atoms with Crippen molar-refractivity contribution < 1.29 is 13.2 Å². The number of rotatable bonds is 5. The molecule has 2 aromatic carbocycles. The fourth-order valence-electron chi connectivity index (χ4n) is 3.67. The Morgan fingerprint density at radius 2 is 1.75 bits per heavy atom. The number of sulfonamides is 1. The molecule has 0 saturated carbocycles. The number of amides is 1. The van der Waals surface area contributed by atoms with E-state index in [0.29, 0.717) is 13.0 Å². The van der Waals surface area contributed by atoms with E-state index in [2.05, 4.69) is 0 Å². The van der Waals surface area contributed by atoms with E-state index in [1.165, 1.54) is 11.2 Å². The number of fused-ring (bicyclic) bond motifs is 1. The molecule has 1 heterocycles. The Hall–Kier alpha value is -2.38. The predicted molar refractivity (Wildman–Crippen MR) is 112 cm³/mol. The summed E-state index contributed by atoms with van der Waals surface area (Å²) < 4.78 is 27.5. The number of carbonyl (C=O) groups is 1. The molecule has 1 aliphatic rings. The molecule has 1 amide bonds. The van der Waals surface area contributed by atoms with Gasteiger partial charge >= 0.3 is 0 Å². The molecule has 2 aromatic rings. The molecule has 0 N–H and O–H groups in total. The Morgan fingerprint density at radius 1 is 1.11 bits per heavy atom. The van der Waals surface area contributed by atoms with Crippen LogP contribution in [0.4, 0.5) is 11.4 Å². The number of benzene rings is 2. The highest BCUT2D eigenvalue weighted by molar-refractivity contribution is 7.89. The molecule has 1 atom stereocenters. The van der Waals surface area contributed by atoms with Crippen molar-refractivity contribution >= 4 is 27.3 Å². The Kier molecular flexibility index (Phi) is 5.50. The van der Waals surface area contributed by atoms with Crippen molar-refractivity contribution in [1.82, 2.24) is 4.31 Å². The number of carbonyl (C=O) groups excluding carboxylic acids is 1. The molecule has 0 fully saturated rings. The number of hydrogen-bond acceptors (Lipinski definition) is 4. The van der Waals surface area contributed by atoms with Crippen molar-refractivity contribution in [2.45, 2.75) is 37.8 Å². The summed E-state index contributed by atoms with van der Waals surface area (Å²) in [6.45, 7) is 3.80. The predicted octanol–water partition coefficient (Wildman–Crippen LogP) is 2.87. The summed E-state index contributed by atoms with van der Waals surface area (Å²) >= 11 is 0.